The standard InChI is InChI=1S/C11H16O.CH4N2O/c1-3-4-9-12-11-7-5-10(2)6-8-11;2-1-3-4/h5-8H,3-4,9H2,1-2H3;1,4H,(H2,2,3). The quantitative estimate of drug-likeness (QED) is 0.271. The lowest BCUT2D eigenvalue weighted by Crippen LogP contribution is -1.95. The van der Waals surface area contributed by atoms with Crippen molar-refractivity contribution < 1.29 is 9.94 Å². The molecular formula is C12H20N2O2. The van der Waals surface area contributed by atoms with Gasteiger partial charge in [-0.05, 0) is 25.5 Å². The second kappa shape index (κ2) is 9.83. The molecule has 3 N–H and O–H groups in total. The van der Waals surface area contributed by atoms with Crippen LogP contribution in [-0.4, -0.2) is 18.2 Å². The van der Waals surface area contributed by atoms with Crippen LogP contribution in [0, 0.1) is 6.92 Å². The predicted octanol–water partition coefficient (Wildman–Crippen LogP) is 2.54. The number of benzene rings is 1. The zero-order chi connectivity index (χ0) is 12.2. The van der Waals surface area contributed by atoms with E-state index in [1.54, 1.807) is 0 Å². The van der Waals surface area contributed by atoms with Gasteiger partial charge in [-0.25, -0.2) is 0 Å². The van der Waals surface area contributed by atoms with Crippen molar-refractivity contribution in [2.24, 2.45) is 10.9 Å². The number of nitrogens with zero attached hydrogens (tertiary/aromatic N) is 1. The fraction of sp³-hybridized carbons (Fsp3) is 0.417. The van der Waals surface area contributed by atoms with E-state index in [0.717, 1.165) is 25.1 Å². The molecule has 0 amide bonds. The fourth-order valence-corrected chi connectivity index (χ4v) is 0.969. The second-order valence-electron chi connectivity index (χ2n) is 3.28. The Hall–Kier alpha value is -1.71. The molecule has 0 radical (unpaired) electrons. The molecule has 90 valence electrons. The van der Waals surface area contributed by atoms with Gasteiger partial charge in [0.05, 0.1) is 6.61 Å². The van der Waals surface area contributed by atoms with Gasteiger partial charge in [0.2, 0.25) is 0 Å². The fourth-order valence-electron chi connectivity index (χ4n) is 0.969. The highest BCUT2D eigenvalue weighted by Gasteiger charge is 1.90. The second-order valence-corrected chi connectivity index (χ2v) is 3.28. The minimum absolute atomic E-state index is 0.806. The van der Waals surface area contributed by atoms with E-state index in [4.69, 9.17) is 9.94 Å². The summed E-state index contributed by atoms with van der Waals surface area (Å²) in [5, 5.41) is 9.71. The summed E-state index contributed by atoms with van der Waals surface area (Å²) >= 11 is 0. The molecule has 4 heteroatoms. The lowest BCUT2D eigenvalue weighted by Gasteiger charge is -2.04. The molecular weight excluding hydrogens is 204 g/mol. The largest absolute Gasteiger partial charge is 0.494 e. The molecule has 0 aromatic heterocycles. The molecule has 1 aromatic carbocycles. The molecule has 0 spiro atoms. The molecule has 16 heavy (non-hydrogen) atoms. The molecule has 1 rings (SSSR count). The highest BCUT2D eigenvalue weighted by atomic mass is 16.5. The summed E-state index contributed by atoms with van der Waals surface area (Å²) < 4.78 is 5.50. The van der Waals surface area contributed by atoms with Crippen molar-refractivity contribution in [1.82, 2.24) is 0 Å². The van der Waals surface area contributed by atoms with Crippen LogP contribution in [0.15, 0.2) is 29.4 Å². The van der Waals surface area contributed by atoms with Gasteiger partial charge >= 0.3 is 0 Å². The normalized spacial score (nSPS) is 9.62. The topological polar surface area (TPSA) is 67.8 Å². The summed E-state index contributed by atoms with van der Waals surface area (Å²) in [7, 11) is 0. The van der Waals surface area contributed by atoms with E-state index < -0.39 is 0 Å². The molecule has 0 heterocycles. The van der Waals surface area contributed by atoms with E-state index >= 15 is 0 Å². The SMILES string of the molecule is CCCCOc1ccc(C)cc1.N/C=N\O. The van der Waals surface area contributed by atoms with Crippen LogP contribution in [0.25, 0.3) is 0 Å². The summed E-state index contributed by atoms with van der Waals surface area (Å²) in [5.74, 6) is 0.981. The molecule has 0 saturated carbocycles. The predicted molar refractivity (Wildman–Crippen MR) is 66.0 cm³/mol. The van der Waals surface area contributed by atoms with Gasteiger partial charge in [-0.3, -0.25) is 0 Å². The number of aryl methyl sites for hydroxylation is 1. The number of hydrogen-bond donors (Lipinski definition) is 2. The van der Waals surface area contributed by atoms with E-state index in [9.17, 15) is 0 Å². The third-order valence-corrected chi connectivity index (χ3v) is 1.85. The smallest absolute Gasteiger partial charge is 0.125 e. The highest BCUT2D eigenvalue weighted by Crippen LogP contribution is 2.11. The lowest BCUT2D eigenvalue weighted by molar-refractivity contribution is 0.309. The van der Waals surface area contributed by atoms with Crippen LogP contribution in [-0.2, 0) is 0 Å². The average Bonchev–Trinajstić information content (AvgIpc) is 2.32. The van der Waals surface area contributed by atoms with Gasteiger partial charge in [-0.2, -0.15) is 0 Å². The Morgan fingerprint density at radius 3 is 2.38 bits per heavy atom. The van der Waals surface area contributed by atoms with Crippen molar-refractivity contribution in [1.29, 1.82) is 0 Å². The first-order valence-electron chi connectivity index (χ1n) is 5.31. The molecule has 1 aromatic rings. The van der Waals surface area contributed by atoms with Crippen LogP contribution in [0.1, 0.15) is 25.3 Å². The monoisotopic (exact) mass is 224 g/mol. The van der Waals surface area contributed by atoms with Crippen LogP contribution >= 0.6 is 0 Å². The van der Waals surface area contributed by atoms with Crippen LogP contribution in [0.5, 0.6) is 5.75 Å². The Bertz CT molecular complexity index is 280. The first kappa shape index (κ1) is 14.3. The minimum Gasteiger partial charge on any atom is -0.494 e. The first-order valence-corrected chi connectivity index (χ1v) is 5.31. The molecule has 0 saturated heterocycles. The number of ether oxygens (including phenoxy) is 1. The van der Waals surface area contributed by atoms with Gasteiger partial charge in [-0.15, -0.1) is 0 Å². The van der Waals surface area contributed by atoms with Crippen molar-refractivity contribution in [2.75, 3.05) is 6.61 Å². The van der Waals surface area contributed by atoms with Gasteiger partial charge in [0.25, 0.3) is 0 Å². The summed E-state index contributed by atoms with van der Waals surface area (Å²) in [4.78, 5) is 0. The minimum atomic E-state index is 0.806. The van der Waals surface area contributed by atoms with Crippen LogP contribution in [0.2, 0.25) is 0 Å². The van der Waals surface area contributed by atoms with E-state index in [1.807, 2.05) is 12.1 Å². The third kappa shape index (κ3) is 7.67. The zero-order valence-corrected chi connectivity index (χ0v) is 9.89. The summed E-state index contributed by atoms with van der Waals surface area (Å²) in [6.07, 6.45) is 3.12. The molecule has 0 unspecified atom stereocenters. The Labute approximate surface area is 96.7 Å². The summed E-state index contributed by atoms with van der Waals surface area (Å²) in [5.41, 5.74) is 5.76. The highest BCUT2D eigenvalue weighted by molar-refractivity contribution is 5.49. The number of unbranched alkanes of at least 4 members (excludes halogenated alkanes) is 1. The molecule has 0 aliphatic carbocycles. The average molecular weight is 224 g/mol. The Kier molecular flexibility index (Phi) is 8.78. The number of oxime groups is 1. The van der Waals surface area contributed by atoms with Gasteiger partial charge in [0, 0.05) is 0 Å². The Morgan fingerprint density at radius 1 is 1.38 bits per heavy atom. The molecule has 0 atom stereocenters. The van der Waals surface area contributed by atoms with E-state index in [1.165, 1.54) is 12.0 Å². The number of hydrogen-bond acceptors (Lipinski definition) is 3. The Morgan fingerprint density at radius 2 is 1.94 bits per heavy atom. The lowest BCUT2D eigenvalue weighted by atomic mass is 10.2. The summed E-state index contributed by atoms with van der Waals surface area (Å²) in [6.45, 7) is 5.08. The maximum atomic E-state index is 7.32. The van der Waals surface area contributed by atoms with Gasteiger partial charge in [0.15, 0.2) is 0 Å². The van der Waals surface area contributed by atoms with E-state index in [2.05, 4.69) is 36.9 Å². The maximum absolute atomic E-state index is 7.32. The summed E-state index contributed by atoms with van der Waals surface area (Å²) in [6, 6.07) is 8.18. The van der Waals surface area contributed by atoms with Crippen molar-refractivity contribution in [3.63, 3.8) is 0 Å². The molecule has 4 nitrogen and oxygen atoms in total. The van der Waals surface area contributed by atoms with Gasteiger partial charge in [0.1, 0.15) is 12.1 Å². The molecule has 0 fully saturated rings. The van der Waals surface area contributed by atoms with E-state index in [-0.39, 0.29) is 0 Å². The van der Waals surface area contributed by atoms with Crippen LogP contribution in [0.4, 0.5) is 0 Å². The maximum Gasteiger partial charge on any atom is 0.125 e. The van der Waals surface area contributed by atoms with Gasteiger partial charge < -0.3 is 15.7 Å². The van der Waals surface area contributed by atoms with E-state index in [0.29, 0.717) is 0 Å². The number of rotatable bonds is 4. The van der Waals surface area contributed by atoms with Crippen LogP contribution < -0.4 is 10.5 Å². The number of nitrogens with two attached hydrogens (primary N) is 1. The molecule has 0 aliphatic heterocycles. The first-order chi connectivity index (χ1) is 7.74. The van der Waals surface area contributed by atoms with Crippen LogP contribution in [0.3, 0.4) is 0 Å². The van der Waals surface area contributed by atoms with Gasteiger partial charge in [-0.1, -0.05) is 36.2 Å². The molecule has 0 aliphatic rings. The van der Waals surface area contributed by atoms with Crippen molar-refractivity contribution >= 4 is 6.34 Å². The van der Waals surface area contributed by atoms with Crippen molar-refractivity contribution in [3.8, 4) is 5.75 Å². The van der Waals surface area contributed by atoms with Crippen molar-refractivity contribution in [2.45, 2.75) is 26.7 Å². The zero-order valence-electron chi connectivity index (χ0n) is 9.89. The Balaban J connectivity index is 0.000000487. The molecule has 0 bridgehead atoms. The third-order valence-electron chi connectivity index (χ3n) is 1.85. The van der Waals surface area contributed by atoms with Crippen molar-refractivity contribution in [3.05, 3.63) is 29.8 Å².